The first-order valence-electron chi connectivity index (χ1n) is 9.89. The second kappa shape index (κ2) is 10.2. The predicted octanol–water partition coefficient (Wildman–Crippen LogP) is 4.63. The van der Waals surface area contributed by atoms with Crippen LogP contribution in [0.1, 0.15) is 47.8 Å². The zero-order valence-electron chi connectivity index (χ0n) is 16.5. The number of hydrogen-bond donors (Lipinski definition) is 1. The third-order valence-corrected chi connectivity index (χ3v) is 6.55. The van der Waals surface area contributed by atoms with Gasteiger partial charge in [0.25, 0.3) is 0 Å². The smallest absolute Gasteiger partial charge is 0.220 e. The van der Waals surface area contributed by atoms with Crippen molar-refractivity contribution < 1.29 is 19.1 Å². The van der Waals surface area contributed by atoms with Gasteiger partial charge in [-0.2, -0.15) is 0 Å². The first kappa shape index (κ1) is 21.8. The summed E-state index contributed by atoms with van der Waals surface area (Å²) in [7, 11) is 0. The zero-order chi connectivity index (χ0) is 20.7. The van der Waals surface area contributed by atoms with E-state index in [0.29, 0.717) is 35.6 Å². The van der Waals surface area contributed by atoms with E-state index >= 15 is 0 Å². The minimum Gasteiger partial charge on any atom is -0.494 e. The number of ether oxygens (including phenoxy) is 2. The molecular weight excluding hydrogens is 410 g/mol. The van der Waals surface area contributed by atoms with Crippen molar-refractivity contribution in [1.29, 1.82) is 0 Å². The number of hydrogen-bond acceptors (Lipinski definition) is 5. The Labute approximate surface area is 180 Å². The van der Waals surface area contributed by atoms with E-state index in [0.717, 1.165) is 18.6 Å². The van der Waals surface area contributed by atoms with Gasteiger partial charge in [-0.1, -0.05) is 23.7 Å². The highest BCUT2D eigenvalue weighted by atomic mass is 35.5. The second-order valence-corrected chi connectivity index (χ2v) is 8.87. The maximum absolute atomic E-state index is 12.4. The van der Waals surface area contributed by atoms with Gasteiger partial charge in [-0.3, -0.25) is 9.59 Å². The number of Topliss-reactive ketones (excluding diaryl/α,β-unsaturated/α-hetero) is 1. The van der Waals surface area contributed by atoms with Crippen molar-refractivity contribution in [3.8, 4) is 5.75 Å². The molecule has 1 amide bonds. The number of carbonyl (C=O) groups excluding carboxylic acids is 2. The Hall–Kier alpha value is -1.89. The van der Waals surface area contributed by atoms with E-state index in [1.807, 2.05) is 19.1 Å². The molecule has 1 fully saturated rings. The maximum Gasteiger partial charge on any atom is 0.220 e. The summed E-state index contributed by atoms with van der Waals surface area (Å²) < 4.78 is 11.7. The fourth-order valence-electron chi connectivity index (χ4n) is 3.57. The van der Waals surface area contributed by atoms with Crippen LogP contribution in [-0.2, 0) is 14.9 Å². The van der Waals surface area contributed by atoms with Gasteiger partial charge in [-0.25, -0.2) is 0 Å². The molecule has 1 saturated heterocycles. The first-order chi connectivity index (χ1) is 14.0. The number of halogens is 1. The van der Waals surface area contributed by atoms with Gasteiger partial charge < -0.3 is 14.8 Å². The second-order valence-electron chi connectivity index (χ2n) is 7.15. The van der Waals surface area contributed by atoms with Gasteiger partial charge in [0.15, 0.2) is 5.78 Å². The molecule has 1 aromatic heterocycles. The Morgan fingerprint density at radius 1 is 1.14 bits per heavy atom. The van der Waals surface area contributed by atoms with Crippen LogP contribution >= 0.6 is 22.9 Å². The SMILES string of the molecule is CCOc1ccc(C2(CNC(=O)CCC(=O)c3ccc(Cl)s3)CCOCC2)cc1. The topological polar surface area (TPSA) is 64.6 Å². The van der Waals surface area contributed by atoms with Crippen molar-refractivity contribution in [2.75, 3.05) is 26.4 Å². The molecule has 1 aromatic carbocycles. The van der Waals surface area contributed by atoms with Gasteiger partial charge in [-0.05, 0) is 49.6 Å². The molecule has 156 valence electrons. The standard InChI is InChI=1S/C22H26ClNO4S/c1-2-28-17-5-3-16(4-6-17)22(11-13-27-14-12-22)15-24-21(26)10-7-18(25)19-8-9-20(23)29-19/h3-6,8-9H,2,7,10-15H2,1H3,(H,24,26). The van der Waals surface area contributed by atoms with Crippen LogP contribution in [-0.4, -0.2) is 38.1 Å². The normalized spacial score (nSPS) is 15.7. The Morgan fingerprint density at radius 2 is 1.86 bits per heavy atom. The molecule has 0 unspecified atom stereocenters. The molecule has 2 aromatic rings. The van der Waals surface area contributed by atoms with Gasteiger partial charge in [-0.15, -0.1) is 11.3 Å². The van der Waals surface area contributed by atoms with E-state index in [1.165, 1.54) is 16.9 Å². The highest BCUT2D eigenvalue weighted by Gasteiger charge is 2.34. The predicted molar refractivity (Wildman–Crippen MR) is 115 cm³/mol. The van der Waals surface area contributed by atoms with Crippen molar-refractivity contribution in [2.45, 2.75) is 38.0 Å². The van der Waals surface area contributed by atoms with Gasteiger partial charge in [0.05, 0.1) is 15.8 Å². The molecule has 0 aliphatic carbocycles. The number of nitrogens with one attached hydrogen (secondary N) is 1. The van der Waals surface area contributed by atoms with Gasteiger partial charge in [0.1, 0.15) is 5.75 Å². The minimum atomic E-state index is -0.163. The lowest BCUT2D eigenvalue weighted by Crippen LogP contribution is -2.44. The lowest BCUT2D eigenvalue weighted by atomic mass is 9.74. The van der Waals surface area contributed by atoms with E-state index in [4.69, 9.17) is 21.1 Å². The van der Waals surface area contributed by atoms with E-state index in [1.54, 1.807) is 12.1 Å². The van der Waals surface area contributed by atoms with Crippen LogP contribution in [0.2, 0.25) is 4.34 Å². The maximum atomic E-state index is 12.4. The fraction of sp³-hybridized carbons (Fsp3) is 0.455. The summed E-state index contributed by atoms with van der Waals surface area (Å²) in [6, 6.07) is 11.5. The molecule has 2 heterocycles. The van der Waals surface area contributed by atoms with Crippen LogP contribution in [0.5, 0.6) is 5.75 Å². The Morgan fingerprint density at radius 3 is 2.48 bits per heavy atom. The molecule has 1 aliphatic heterocycles. The van der Waals surface area contributed by atoms with Crippen LogP contribution < -0.4 is 10.1 Å². The minimum absolute atomic E-state index is 0.0515. The third-order valence-electron chi connectivity index (χ3n) is 5.28. The lowest BCUT2D eigenvalue weighted by molar-refractivity contribution is -0.121. The van der Waals surface area contributed by atoms with Crippen molar-refractivity contribution >= 4 is 34.6 Å². The van der Waals surface area contributed by atoms with Crippen molar-refractivity contribution in [3.63, 3.8) is 0 Å². The highest BCUT2D eigenvalue weighted by molar-refractivity contribution is 7.18. The van der Waals surface area contributed by atoms with Crippen LogP contribution in [0, 0.1) is 0 Å². The van der Waals surface area contributed by atoms with E-state index < -0.39 is 0 Å². The highest BCUT2D eigenvalue weighted by Crippen LogP contribution is 2.35. The largest absolute Gasteiger partial charge is 0.494 e. The van der Waals surface area contributed by atoms with Crippen LogP contribution in [0.4, 0.5) is 0 Å². The average Bonchev–Trinajstić information content (AvgIpc) is 3.18. The van der Waals surface area contributed by atoms with Gasteiger partial charge in [0.2, 0.25) is 5.91 Å². The molecule has 5 nitrogen and oxygen atoms in total. The van der Waals surface area contributed by atoms with Gasteiger partial charge >= 0.3 is 0 Å². The van der Waals surface area contributed by atoms with Crippen molar-refractivity contribution in [3.05, 3.63) is 51.2 Å². The van der Waals surface area contributed by atoms with E-state index in [2.05, 4.69) is 17.4 Å². The first-order valence-corrected chi connectivity index (χ1v) is 11.1. The summed E-state index contributed by atoms with van der Waals surface area (Å²) in [5.41, 5.74) is 1.01. The molecule has 29 heavy (non-hydrogen) atoms. The molecule has 0 atom stereocenters. The summed E-state index contributed by atoms with van der Waals surface area (Å²) in [4.78, 5) is 25.2. The molecule has 7 heteroatoms. The number of benzene rings is 1. The third kappa shape index (κ3) is 5.81. The lowest BCUT2D eigenvalue weighted by Gasteiger charge is -2.38. The summed E-state index contributed by atoms with van der Waals surface area (Å²) >= 11 is 7.12. The summed E-state index contributed by atoms with van der Waals surface area (Å²) in [5.74, 6) is 0.678. The fourth-order valence-corrected chi connectivity index (χ4v) is 4.58. The molecule has 3 rings (SSSR count). The number of amides is 1. The molecule has 0 saturated carbocycles. The van der Waals surface area contributed by atoms with Crippen LogP contribution in [0.3, 0.4) is 0 Å². The van der Waals surface area contributed by atoms with E-state index in [-0.39, 0.29) is 29.9 Å². The number of carbonyl (C=O) groups is 2. The molecular formula is C22H26ClNO4S. The zero-order valence-corrected chi connectivity index (χ0v) is 18.1. The number of rotatable bonds is 9. The molecule has 0 bridgehead atoms. The Kier molecular flexibility index (Phi) is 7.70. The summed E-state index contributed by atoms with van der Waals surface area (Å²) in [6.07, 6.45) is 2.04. The Balaban J connectivity index is 1.58. The summed E-state index contributed by atoms with van der Waals surface area (Å²) in [5, 5.41) is 3.04. The quantitative estimate of drug-likeness (QED) is 0.583. The molecule has 1 N–H and O–H groups in total. The van der Waals surface area contributed by atoms with Crippen molar-refractivity contribution in [2.24, 2.45) is 0 Å². The average molecular weight is 436 g/mol. The summed E-state index contributed by atoms with van der Waals surface area (Å²) in [6.45, 7) is 4.45. The van der Waals surface area contributed by atoms with E-state index in [9.17, 15) is 9.59 Å². The molecule has 1 aliphatic rings. The Bertz CT molecular complexity index is 828. The molecule has 0 radical (unpaired) electrons. The monoisotopic (exact) mass is 435 g/mol. The van der Waals surface area contributed by atoms with Gasteiger partial charge in [0, 0.05) is 38.0 Å². The number of thiophene rings is 1. The molecule has 0 spiro atoms. The number of ketones is 1. The van der Waals surface area contributed by atoms with Crippen molar-refractivity contribution in [1.82, 2.24) is 5.32 Å². The van der Waals surface area contributed by atoms with Crippen LogP contribution in [0.25, 0.3) is 0 Å². The van der Waals surface area contributed by atoms with Crippen LogP contribution in [0.15, 0.2) is 36.4 Å².